The lowest BCUT2D eigenvalue weighted by Gasteiger charge is -2.38. The zero-order valence-electron chi connectivity index (χ0n) is 13.2. The molecular weight excluding hydrogens is 338 g/mol. The standard InChI is InChI=1S/C20H16ClNO3/c21-12-9-15-13-7-4-8-14(13)18(20(24)25)22-17(15)16(10-12)19(23)11-5-2-1-3-6-11/h1-7,9-10,13-14,18,22H,8H2,(H,24,25)/p-1/t13-,14+,18+/m1/s1. The minimum atomic E-state index is -1.16. The number of anilines is 1. The first-order valence-electron chi connectivity index (χ1n) is 8.13. The minimum absolute atomic E-state index is 0.0832. The Bertz CT molecular complexity index is 891. The molecule has 5 heteroatoms. The number of hydrogen-bond donors (Lipinski definition) is 1. The predicted molar refractivity (Wildman–Crippen MR) is 93.7 cm³/mol. The van der Waals surface area contributed by atoms with Crippen LogP contribution in [-0.4, -0.2) is 17.8 Å². The van der Waals surface area contributed by atoms with Crippen LogP contribution in [0.1, 0.15) is 33.8 Å². The van der Waals surface area contributed by atoms with Gasteiger partial charge in [-0.3, -0.25) is 4.79 Å². The van der Waals surface area contributed by atoms with Crippen molar-refractivity contribution in [2.75, 3.05) is 5.32 Å². The molecule has 0 amide bonds. The number of carboxylic acid groups (broad SMARTS) is 1. The van der Waals surface area contributed by atoms with Gasteiger partial charge in [0.25, 0.3) is 0 Å². The van der Waals surface area contributed by atoms with Gasteiger partial charge in [0.05, 0.1) is 12.0 Å². The van der Waals surface area contributed by atoms with Gasteiger partial charge in [0.1, 0.15) is 0 Å². The molecule has 126 valence electrons. The van der Waals surface area contributed by atoms with Crippen molar-refractivity contribution in [3.05, 3.63) is 76.3 Å². The van der Waals surface area contributed by atoms with Crippen LogP contribution < -0.4 is 10.4 Å². The van der Waals surface area contributed by atoms with Crippen molar-refractivity contribution in [3.63, 3.8) is 0 Å². The number of allylic oxidation sites excluding steroid dienone is 2. The molecule has 0 saturated carbocycles. The molecule has 2 aliphatic rings. The minimum Gasteiger partial charge on any atom is -0.548 e. The van der Waals surface area contributed by atoms with Gasteiger partial charge in [0, 0.05) is 27.8 Å². The summed E-state index contributed by atoms with van der Waals surface area (Å²) in [6, 6.07) is 11.4. The Morgan fingerprint density at radius 1 is 1.16 bits per heavy atom. The summed E-state index contributed by atoms with van der Waals surface area (Å²) >= 11 is 6.27. The van der Waals surface area contributed by atoms with E-state index >= 15 is 0 Å². The van der Waals surface area contributed by atoms with Crippen LogP contribution in [0.15, 0.2) is 54.6 Å². The second-order valence-corrected chi connectivity index (χ2v) is 6.84. The topological polar surface area (TPSA) is 69.2 Å². The molecule has 2 aromatic carbocycles. The van der Waals surface area contributed by atoms with Gasteiger partial charge < -0.3 is 15.2 Å². The van der Waals surface area contributed by atoms with Gasteiger partial charge >= 0.3 is 0 Å². The summed E-state index contributed by atoms with van der Waals surface area (Å²) in [6.45, 7) is 0. The van der Waals surface area contributed by atoms with Crippen LogP contribution >= 0.6 is 11.6 Å². The third-order valence-electron chi connectivity index (χ3n) is 4.97. The zero-order valence-corrected chi connectivity index (χ0v) is 14.0. The number of ketones is 1. The van der Waals surface area contributed by atoms with Crippen LogP contribution in [0, 0.1) is 5.92 Å². The second-order valence-electron chi connectivity index (χ2n) is 6.41. The molecule has 0 unspecified atom stereocenters. The normalized spacial score (nSPS) is 23.5. The Hall–Kier alpha value is -2.59. The maximum atomic E-state index is 13.0. The Morgan fingerprint density at radius 3 is 2.64 bits per heavy atom. The first-order valence-corrected chi connectivity index (χ1v) is 8.51. The fourth-order valence-corrected chi connectivity index (χ4v) is 4.05. The smallest absolute Gasteiger partial charge is 0.195 e. The molecule has 4 nitrogen and oxygen atoms in total. The SMILES string of the molecule is O=C(c1ccccc1)c1cc(Cl)cc2c1N[C@H](C(=O)[O-])[C@H]1CC=C[C@@H]21. The lowest BCUT2D eigenvalue weighted by Crippen LogP contribution is -2.49. The number of benzene rings is 2. The van der Waals surface area contributed by atoms with Crippen LogP contribution in [0.2, 0.25) is 5.02 Å². The fraction of sp³-hybridized carbons (Fsp3) is 0.200. The molecule has 1 aliphatic heterocycles. The molecule has 0 aromatic heterocycles. The number of rotatable bonds is 3. The van der Waals surface area contributed by atoms with E-state index in [0.717, 1.165) is 5.56 Å². The number of aliphatic carboxylic acids is 1. The van der Waals surface area contributed by atoms with Gasteiger partial charge in [0.15, 0.2) is 5.78 Å². The Kier molecular flexibility index (Phi) is 3.85. The third kappa shape index (κ3) is 2.63. The largest absolute Gasteiger partial charge is 0.548 e. The summed E-state index contributed by atoms with van der Waals surface area (Å²) < 4.78 is 0. The summed E-state index contributed by atoms with van der Waals surface area (Å²) in [6.07, 6.45) is 4.62. The van der Waals surface area contributed by atoms with E-state index in [4.69, 9.17) is 11.6 Å². The van der Waals surface area contributed by atoms with Crippen molar-refractivity contribution in [2.45, 2.75) is 18.4 Å². The summed E-state index contributed by atoms with van der Waals surface area (Å²) in [5, 5.41) is 15.1. The van der Waals surface area contributed by atoms with Crippen molar-refractivity contribution in [2.24, 2.45) is 5.92 Å². The number of carboxylic acids is 1. The number of fused-ring (bicyclic) bond motifs is 3. The maximum absolute atomic E-state index is 13.0. The van der Waals surface area contributed by atoms with E-state index in [1.54, 1.807) is 30.3 Å². The zero-order chi connectivity index (χ0) is 17.6. The molecule has 0 bridgehead atoms. The number of carbonyl (C=O) groups is 2. The number of halogens is 1. The van der Waals surface area contributed by atoms with E-state index in [-0.39, 0.29) is 17.6 Å². The highest BCUT2D eigenvalue weighted by atomic mass is 35.5. The number of nitrogens with one attached hydrogen (secondary N) is 1. The van der Waals surface area contributed by atoms with Gasteiger partial charge in [-0.25, -0.2) is 0 Å². The van der Waals surface area contributed by atoms with Gasteiger partial charge in [0.2, 0.25) is 0 Å². The molecular formula is C20H15ClNO3-. The van der Waals surface area contributed by atoms with Gasteiger partial charge in [-0.2, -0.15) is 0 Å². The quantitative estimate of drug-likeness (QED) is 0.681. The molecule has 1 aliphatic carbocycles. The van der Waals surface area contributed by atoms with Gasteiger partial charge in [-0.15, -0.1) is 0 Å². The Morgan fingerprint density at radius 2 is 1.92 bits per heavy atom. The van der Waals surface area contributed by atoms with Crippen LogP contribution in [0.25, 0.3) is 0 Å². The molecule has 0 saturated heterocycles. The average molecular weight is 353 g/mol. The Balaban J connectivity index is 1.87. The second kappa shape index (κ2) is 6.05. The van der Waals surface area contributed by atoms with E-state index in [1.807, 2.05) is 24.3 Å². The molecule has 0 spiro atoms. The Labute approximate surface area is 150 Å². The highest BCUT2D eigenvalue weighted by Crippen LogP contribution is 2.46. The van der Waals surface area contributed by atoms with Gasteiger partial charge in [-0.1, -0.05) is 54.1 Å². The molecule has 0 radical (unpaired) electrons. The van der Waals surface area contributed by atoms with Crippen LogP contribution in [0.3, 0.4) is 0 Å². The van der Waals surface area contributed by atoms with E-state index < -0.39 is 12.0 Å². The molecule has 25 heavy (non-hydrogen) atoms. The lowest BCUT2D eigenvalue weighted by molar-refractivity contribution is -0.308. The van der Waals surface area contributed by atoms with Gasteiger partial charge in [-0.05, 0) is 30.0 Å². The van der Waals surface area contributed by atoms with Crippen LogP contribution in [-0.2, 0) is 4.79 Å². The van der Waals surface area contributed by atoms with E-state index in [1.165, 1.54) is 0 Å². The highest BCUT2D eigenvalue weighted by Gasteiger charge is 2.39. The number of carbonyl (C=O) groups excluding carboxylic acids is 2. The summed E-state index contributed by atoms with van der Waals surface area (Å²) in [5.74, 6) is -1.56. The first kappa shape index (κ1) is 15.9. The molecule has 4 rings (SSSR count). The summed E-state index contributed by atoms with van der Waals surface area (Å²) in [7, 11) is 0. The van der Waals surface area contributed by atoms with Crippen molar-refractivity contribution in [1.29, 1.82) is 0 Å². The molecule has 1 heterocycles. The molecule has 0 fully saturated rings. The summed E-state index contributed by atoms with van der Waals surface area (Å²) in [5.41, 5.74) is 2.32. The van der Waals surface area contributed by atoms with Crippen molar-refractivity contribution < 1.29 is 14.7 Å². The van der Waals surface area contributed by atoms with E-state index in [2.05, 4.69) is 5.32 Å². The molecule has 2 aromatic rings. The lowest BCUT2D eigenvalue weighted by atomic mass is 9.78. The highest BCUT2D eigenvalue weighted by molar-refractivity contribution is 6.31. The van der Waals surface area contributed by atoms with Crippen molar-refractivity contribution in [3.8, 4) is 0 Å². The average Bonchev–Trinajstić information content (AvgIpc) is 3.10. The maximum Gasteiger partial charge on any atom is 0.195 e. The fourth-order valence-electron chi connectivity index (χ4n) is 3.82. The molecule has 1 N–H and O–H groups in total. The van der Waals surface area contributed by atoms with Crippen LogP contribution in [0.5, 0.6) is 0 Å². The van der Waals surface area contributed by atoms with Crippen molar-refractivity contribution in [1.82, 2.24) is 0 Å². The van der Waals surface area contributed by atoms with Crippen LogP contribution in [0.4, 0.5) is 5.69 Å². The van der Waals surface area contributed by atoms with Crippen molar-refractivity contribution >= 4 is 29.0 Å². The number of hydrogen-bond acceptors (Lipinski definition) is 4. The first-order chi connectivity index (χ1) is 12.1. The summed E-state index contributed by atoms with van der Waals surface area (Å²) in [4.78, 5) is 24.6. The third-order valence-corrected chi connectivity index (χ3v) is 5.19. The predicted octanol–water partition coefficient (Wildman–Crippen LogP) is 2.77. The molecule has 3 atom stereocenters. The van der Waals surface area contributed by atoms with E-state index in [0.29, 0.717) is 28.3 Å². The monoisotopic (exact) mass is 352 g/mol. The van der Waals surface area contributed by atoms with E-state index in [9.17, 15) is 14.7 Å².